The summed E-state index contributed by atoms with van der Waals surface area (Å²) < 4.78 is 10.4. The van der Waals surface area contributed by atoms with E-state index in [0.717, 1.165) is 24.6 Å². The van der Waals surface area contributed by atoms with Gasteiger partial charge in [0.05, 0.1) is 26.9 Å². The van der Waals surface area contributed by atoms with Gasteiger partial charge in [0, 0.05) is 26.2 Å². The van der Waals surface area contributed by atoms with Crippen molar-refractivity contribution in [2.45, 2.75) is 6.10 Å². The monoisotopic (exact) mass is 279 g/mol. The second-order valence-corrected chi connectivity index (χ2v) is 4.67. The fraction of sp³-hybridized carbons (Fsp3) is 0.500. The number of guanidine groups is 1. The first-order valence-electron chi connectivity index (χ1n) is 6.54. The van der Waals surface area contributed by atoms with Crippen LogP contribution in [0.3, 0.4) is 0 Å². The summed E-state index contributed by atoms with van der Waals surface area (Å²) >= 11 is 0. The zero-order valence-electron chi connectivity index (χ0n) is 12.1. The SMILES string of the molecule is COc1cc(OC)cc(C(O)CNC2=NCCN2C)c1. The van der Waals surface area contributed by atoms with Crippen LogP contribution in [0.25, 0.3) is 0 Å². The molecule has 20 heavy (non-hydrogen) atoms. The molecule has 1 heterocycles. The Hall–Kier alpha value is -1.95. The number of rotatable bonds is 5. The van der Waals surface area contributed by atoms with Crippen molar-refractivity contribution in [2.24, 2.45) is 4.99 Å². The molecule has 0 spiro atoms. The molecule has 2 rings (SSSR count). The second-order valence-electron chi connectivity index (χ2n) is 4.67. The number of hydrogen-bond donors (Lipinski definition) is 2. The third kappa shape index (κ3) is 3.33. The van der Waals surface area contributed by atoms with Crippen molar-refractivity contribution in [3.63, 3.8) is 0 Å². The topological polar surface area (TPSA) is 66.3 Å². The Labute approximate surface area is 119 Å². The van der Waals surface area contributed by atoms with E-state index in [-0.39, 0.29) is 0 Å². The van der Waals surface area contributed by atoms with Gasteiger partial charge in [-0.15, -0.1) is 0 Å². The van der Waals surface area contributed by atoms with E-state index in [1.165, 1.54) is 0 Å². The molecule has 2 N–H and O–H groups in total. The smallest absolute Gasteiger partial charge is 0.193 e. The fourth-order valence-electron chi connectivity index (χ4n) is 2.05. The number of hydrogen-bond acceptors (Lipinski definition) is 6. The Kier molecular flexibility index (Phi) is 4.68. The Bertz CT molecular complexity index is 468. The van der Waals surface area contributed by atoms with E-state index in [1.807, 2.05) is 11.9 Å². The van der Waals surface area contributed by atoms with Gasteiger partial charge >= 0.3 is 0 Å². The summed E-state index contributed by atoms with van der Waals surface area (Å²) in [6.07, 6.45) is -0.657. The molecular formula is C14H21N3O3. The van der Waals surface area contributed by atoms with Crippen LogP contribution >= 0.6 is 0 Å². The molecule has 0 bridgehead atoms. The lowest BCUT2D eigenvalue weighted by Crippen LogP contribution is -2.37. The highest BCUT2D eigenvalue weighted by atomic mass is 16.5. The number of methoxy groups -OCH3 is 2. The highest BCUT2D eigenvalue weighted by Gasteiger charge is 2.15. The van der Waals surface area contributed by atoms with Gasteiger partial charge in [0.25, 0.3) is 0 Å². The van der Waals surface area contributed by atoms with Crippen LogP contribution in [0.4, 0.5) is 0 Å². The van der Waals surface area contributed by atoms with Crippen LogP contribution in [0, 0.1) is 0 Å². The number of nitrogens with one attached hydrogen (secondary N) is 1. The molecule has 110 valence electrons. The Balaban J connectivity index is 2.02. The lowest BCUT2D eigenvalue weighted by molar-refractivity contribution is 0.179. The van der Waals surface area contributed by atoms with E-state index in [2.05, 4.69) is 10.3 Å². The molecule has 6 nitrogen and oxygen atoms in total. The van der Waals surface area contributed by atoms with E-state index in [4.69, 9.17) is 9.47 Å². The normalized spacial score (nSPS) is 15.8. The van der Waals surface area contributed by atoms with Crippen molar-refractivity contribution in [2.75, 3.05) is 40.9 Å². The quantitative estimate of drug-likeness (QED) is 0.827. The first-order valence-corrected chi connectivity index (χ1v) is 6.54. The number of likely N-dealkylation sites (N-methyl/N-ethyl adjacent to an activating group) is 1. The average molecular weight is 279 g/mol. The third-order valence-corrected chi connectivity index (χ3v) is 3.27. The minimum atomic E-state index is -0.657. The minimum Gasteiger partial charge on any atom is -0.497 e. The first-order chi connectivity index (χ1) is 9.63. The minimum absolute atomic E-state index is 0.388. The largest absolute Gasteiger partial charge is 0.497 e. The van der Waals surface area contributed by atoms with Crippen molar-refractivity contribution in [3.8, 4) is 11.5 Å². The van der Waals surface area contributed by atoms with Crippen LogP contribution in [-0.4, -0.2) is 56.9 Å². The fourth-order valence-corrected chi connectivity index (χ4v) is 2.05. The summed E-state index contributed by atoms with van der Waals surface area (Å²) in [5.74, 6) is 2.14. The summed E-state index contributed by atoms with van der Waals surface area (Å²) in [6, 6.07) is 5.38. The van der Waals surface area contributed by atoms with Gasteiger partial charge < -0.3 is 24.8 Å². The second kappa shape index (κ2) is 6.47. The van der Waals surface area contributed by atoms with Gasteiger partial charge in [0.1, 0.15) is 11.5 Å². The summed E-state index contributed by atoms with van der Waals surface area (Å²) in [4.78, 5) is 6.35. The average Bonchev–Trinajstić information content (AvgIpc) is 2.89. The molecular weight excluding hydrogens is 258 g/mol. The Morgan fingerprint density at radius 2 is 1.95 bits per heavy atom. The highest BCUT2D eigenvalue weighted by molar-refractivity contribution is 5.81. The molecule has 0 saturated heterocycles. The number of aliphatic hydroxyl groups excluding tert-OH is 1. The van der Waals surface area contributed by atoms with Gasteiger partial charge in [-0.1, -0.05) is 0 Å². The standard InChI is InChI=1S/C14H21N3O3/c1-17-5-4-15-14(17)16-9-13(18)10-6-11(19-2)8-12(7-10)20-3/h6-8,13,18H,4-5,9H2,1-3H3,(H,15,16). The molecule has 1 atom stereocenters. The molecule has 1 aliphatic rings. The maximum absolute atomic E-state index is 10.3. The van der Waals surface area contributed by atoms with Crippen LogP contribution in [0.1, 0.15) is 11.7 Å². The molecule has 1 aromatic carbocycles. The van der Waals surface area contributed by atoms with Crippen LogP contribution in [0.2, 0.25) is 0 Å². The van der Waals surface area contributed by atoms with Gasteiger partial charge in [0.2, 0.25) is 0 Å². The number of ether oxygens (including phenoxy) is 2. The molecule has 1 unspecified atom stereocenters. The van der Waals surface area contributed by atoms with Crippen molar-refractivity contribution in [3.05, 3.63) is 23.8 Å². The van der Waals surface area contributed by atoms with Crippen molar-refractivity contribution < 1.29 is 14.6 Å². The molecule has 0 radical (unpaired) electrons. The van der Waals surface area contributed by atoms with Crippen LogP contribution in [0.5, 0.6) is 11.5 Å². The molecule has 0 aliphatic carbocycles. The van der Waals surface area contributed by atoms with Gasteiger partial charge in [-0.05, 0) is 17.7 Å². The maximum atomic E-state index is 10.3. The maximum Gasteiger partial charge on any atom is 0.193 e. The van der Waals surface area contributed by atoms with Gasteiger partial charge in [0.15, 0.2) is 5.96 Å². The van der Waals surface area contributed by atoms with E-state index >= 15 is 0 Å². The van der Waals surface area contributed by atoms with E-state index in [1.54, 1.807) is 32.4 Å². The van der Waals surface area contributed by atoms with Crippen molar-refractivity contribution in [1.82, 2.24) is 10.2 Å². The zero-order chi connectivity index (χ0) is 14.5. The molecule has 0 saturated carbocycles. The molecule has 0 fully saturated rings. The van der Waals surface area contributed by atoms with Crippen molar-refractivity contribution in [1.29, 1.82) is 0 Å². The van der Waals surface area contributed by atoms with E-state index in [9.17, 15) is 5.11 Å². The summed E-state index contributed by atoms with van der Waals surface area (Å²) in [5.41, 5.74) is 0.745. The first kappa shape index (κ1) is 14.5. The van der Waals surface area contributed by atoms with E-state index < -0.39 is 6.10 Å². The third-order valence-electron chi connectivity index (χ3n) is 3.27. The summed E-state index contributed by atoms with van der Waals surface area (Å²) in [7, 11) is 5.15. The predicted molar refractivity (Wildman–Crippen MR) is 77.4 cm³/mol. The summed E-state index contributed by atoms with van der Waals surface area (Å²) in [5, 5.41) is 13.4. The molecule has 1 aliphatic heterocycles. The molecule has 0 amide bonds. The zero-order valence-corrected chi connectivity index (χ0v) is 12.1. The van der Waals surface area contributed by atoms with E-state index in [0.29, 0.717) is 18.0 Å². The van der Waals surface area contributed by atoms with Gasteiger partial charge in [-0.2, -0.15) is 0 Å². The Morgan fingerprint density at radius 3 is 2.45 bits per heavy atom. The number of benzene rings is 1. The van der Waals surface area contributed by atoms with Crippen molar-refractivity contribution >= 4 is 5.96 Å². The van der Waals surface area contributed by atoms with Crippen LogP contribution in [0.15, 0.2) is 23.2 Å². The van der Waals surface area contributed by atoms with Gasteiger partial charge in [-0.3, -0.25) is 4.99 Å². The number of aliphatic hydroxyl groups is 1. The van der Waals surface area contributed by atoms with Crippen LogP contribution in [-0.2, 0) is 0 Å². The number of nitrogens with zero attached hydrogens (tertiary/aromatic N) is 2. The lowest BCUT2D eigenvalue weighted by Gasteiger charge is -2.18. The molecule has 1 aromatic rings. The Morgan fingerprint density at radius 1 is 1.30 bits per heavy atom. The summed E-state index contributed by atoms with van der Waals surface area (Å²) in [6.45, 7) is 2.09. The predicted octanol–water partition coefficient (Wildman–Crippen LogP) is 0.628. The number of aliphatic imine (C=N–C) groups is 1. The molecule has 6 heteroatoms. The highest BCUT2D eigenvalue weighted by Crippen LogP contribution is 2.26. The molecule has 0 aromatic heterocycles. The van der Waals surface area contributed by atoms with Gasteiger partial charge in [-0.25, -0.2) is 0 Å². The van der Waals surface area contributed by atoms with Crippen LogP contribution < -0.4 is 14.8 Å². The lowest BCUT2D eigenvalue weighted by atomic mass is 10.1.